The molecule has 0 aliphatic carbocycles. The van der Waals surface area contributed by atoms with Gasteiger partial charge in [0, 0.05) is 62.4 Å². The van der Waals surface area contributed by atoms with Crippen LogP contribution < -0.4 is 10.6 Å². The Kier molecular flexibility index (Phi) is 11.2. The molecule has 3 atom stereocenters. The summed E-state index contributed by atoms with van der Waals surface area (Å²) in [6.45, 7) is 11.1. The van der Waals surface area contributed by atoms with Gasteiger partial charge in [-0.3, -0.25) is 9.69 Å². The van der Waals surface area contributed by atoms with Gasteiger partial charge in [-0.15, -0.1) is 0 Å². The predicted molar refractivity (Wildman–Crippen MR) is 173 cm³/mol. The monoisotopic (exact) mass is 605 g/mol. The molecule has 3 unspecified atom stereocenters. The molecule has 1 fully saturated rings. The lowest BCUT2D eigenvalue weighted by molar-refractivity contribution is -0.135. The third kappa shape index (κ3) is 8.22. The van der Waals surface area contributed by atoms with Gasteiger partial charge >= 0.3 is 0 Å². The summed E-state index contributed by atoms with van der Waals surface area (Å²) in [4.78, 5) is 20.7. The molecule has 1 amide bonds. The van der Waals surface area contributed by atoms with Gasteiger partial charge in [0.1, 0.15) is 5.82 Å². The van der Waals surface area contributed by atoms with Crippen LogP contribution in [0.2, 0.25) is 5.02 Å². The van der Waals surface area contributed by atoms with E-state index in [1.165, 1.54) is 11.1 Å². The van der Waals surface area contributed by atoms with Crippen LogP contribution in [0.15, 0.2) is 72.8 Å². The average Bonchev–Trinajstić information content (AvgIpc) is 3.05. The Hall–Kier alpha value is -2.81. The molecule has 2 aliphatic rings. The van der Waals surface area contributed by atoms with Gasteiger partial charge in [0.15, 0.2) is 0 Å². The molecule has 0 saturated carbocycles. The van der Waals surface area contributed by atoms with E-state index < -0.39 is 0 Å². The fourth-order valence-corrected chi connectivity index (χ4v) is 6.54. The van der Waals surface area contributed by atoms with E-state index in [-0.39, 0.29) is 29.8 Å². The van der Waals surface area contributed by atoms with Crippen LogP contribution in [-0.4, -0.2) is 85.0 Å². The van der Waals surface area contributed by atoms with Gasteiger partial charge in [0.05, 0.1) is 12.1 Å². The van der Waals surface area contributed by atoms with Crippen molar-refractivity contribution in [2.24, 2.45) is 0 Å². The van der Waals surface area contributed by atoms with Crippen molar-refractivity contribution < 1.29 is 9.18 Å². The first-order chi connectivity index (χ1) is 20.9. The van der Waals surface area contributed by atoms with Crippen molar-refractivity contribution in [2.75, 3.05) is 52.4 Å². The fraction of sp³-hybridized carbons (Fsp3) is 0.457. The third-order valence-electron chi connectivity index (χ3n) is 9.08. The van der Waals surface area contributed by atoms with Crippen molar-refractivity contribution >= 4 is 17.5 Å². The van der Waals surface area contributed by atoms with E-state index in [4.69, 9.17) is 11.6 Å². The molecule has 3 aromatic rings. The number of amides is 1. The number of nitrogens with zero attached hydrogens (tertiary/aromatic N) is 3. The van der Waals surface area contributed by atoms with Crippen molar-refractivity contribution in [3.8, 4) is 0 Å². The molecular formula is C35H45ClFN5O. The van der Waals surface area contributed by atoms with Gasteiger partial charge in [-0.2, -0.15) is 0 Å². The van der Waals surface area contributed by atoms with E-state index in [0.717, 1.165) is 43.7 Å². The van der Waals surface area contributed by atoms with E-state index in [1.54, 1.807) is 12.1 Å². The smallest absolute Gasteiger partial charge is 0.240 e. The number of likely N-dealkylation sites (N-methyl/N-ethyl adjacent to an activating group) is 1. The second-order valence-corrected chi connectivity index (χ2v) is 12.2. The molecular weight excluding hydrogens is 561 g/mol. The molecule has 2 heterocycles. The lowest BCUT2D eigenvalue weighted by Gasteiger charge is -2.42. The fourth-order valence-electron chi connectivity index (χ4n) is 6.41. The zero-order valence-corrected chi connectivity index (χ0v) is 26.2. The van der Waals surface area contributed by atoms with Crippen LogP contribution in [0.3, 0.4) is 0 Å². The first-order valence-electron chi connectivity index (χ1n) is 15.7. The maximum atomic E-state index is 15.0. The van der Waals surface area contributed by atoms with Crippen molar-refractivity contribution in [1.82, 2.24) is 25.3 Å². The molecule has 0 spiro atoms. The quantitative estimate of drug-likeness (QED) is 0.307. The number of rotatable bonds is 12. The summed E-state index contributed by atoms with van der Waals surface area (Å²) >= 11 is 6.15. The van der Waals surface area contributed by atoms with Crippen LogP contribution in [0.5, 0.6) is 0 Å². The van der Waals surface area contributed by atoms with E-state index in [0.29, 0.717) is 44.2 Å². The van der Waals surface area contributed by atoms with Crippen LogP contribution in [0, 0.1) is 5.82 Å². The number of fused-ring (bicyclic) bond motifs is 1. The molecule has 230 valence electrons. The van der Waals surface area contributed by atoms with Crippen molar-refractivity contribution in [3.63, 3.8) is 0 Å². The van der Waals surface area contributed by atoms with Gasteiger partial charge < -0.3 is 20.4 Å². The summed E-state index contributed by atoms with van der Waals surface area (Å²) < 4.78 is 15.0. The molecule has 2 aliphatic heterocycles. The molecule has 2 N–H and O–H groups in total. The first-order valence-corrected chi connectivity index (χ1v) is 16.1. The normalized spacial score (nSPS) is 18.8. The highest BCUT2D eigenvalue weighted by Gasteiger charge is 2.32. The Bertz CT molecular complexity index is 1330. The van der Waals surface area contributed by atoms with Crippen molar-refractivity contribution in [1.29, 1.82) is 0 Å². The van der Waals surface area contributed by atoms with E-state index in [2.05, 4.69) is 58.5 Å². The summed E-state index contributed by atoms with van der Waals surface area (Å²) in [6.07, 6.45) is 1.53. The van der Waals surface area contributed by atoms with Gasteiger partial charge in [-0.25, -0.2) is 4.39 Å². The topological polar surface area (TPSA) is 50.9 Å². The Morgan fingerprint density at radius 1 is 0.977 bits per heavy atom. The maximum absolute atomic E-state index is 15.0. The van der Waals surface area contributed by atoms with Gasteiger partial charge in [-0.05, 0) is 60.8 Å². The van der Waals surface area contributed by atoms with Crippen molar-refractivity contribution in [3.05, 3.63) is 106 Å². The number of piperazine rings is 1. The zero-order valence-electron chi connectivity index (χ0n) is 25.4. The summed E-state index contributed by atoms with van der Waals surface area (Å²) in [7, 11) is 0. The van der Waals surface area contributed by atoms with Gasteiger partial charge in [-0.1, -0.05) is 80.0 Å². The minimum Gasteiger partial charge on any atom is -0.339 e. The molecule has 8 heteroatoms. The highest BCUT2D eigenvalue weighted by molar-refractivity contribution is 6.30. The highest BCUT2D eigenvalue weighted by atomic mass is 35.5. The largest absolute Gasteiger partial charge is 0.339 e. The number of hydrogen-bond donors (Lipinski definition) is 2. The molecule has 0 bridgehead atoms. The molecule has 6 nitrogen and oxygen atoms in total. The molecule has 3 aromatic carbocycles. The van der Waals surface area contributed by atoms with Crippen LogP contribution in [-0.2, 0) is 24.2 Å². The number of hydrogen-bond acceptors (Lipinski definition) is 5. The van der Waals surface area contributed by atoms with Crippen molar-refractivity contribution in [2.45, 2.75) is 51.4 Å². The summed E-state index contributed by atoms with van der Waals surface area (Å²) in [5, 5.41) is 7.96. The molecule has 43 heavy (non-hydrogen) atoms. The molecule has 0 radical (unpaired) electrons. The zero-order chi connectivity index (χ0) is 30.2. The Morgan fingerprint density at radius 2 is 1.65 bits per heavy atom. The standard InChI is InChI=1S/C35H45ClFN5O/c1-3-40(4-2)25-34(31-11-7-8-12-32(31)37)41-17-19-42(20-18-41)35(43)33(21-26-13-15-29(36)16-14-26)39-24-30-22-27-9-5-6-10-28(27)23-38-30/h5-16,30,33-34,38-39H,3-4,17-25H2,1-2H3. The average molecular weight is 606 g/mol. The third-order valence-corrected chi connectivity index (χ3v) is 9.34. The molecule has 0 aromatic heterocycles. The van der Waals surface area contributed by atoms with Crippen LogP contribution >= 0.6 is 11.6 Å². The number of carbonyl (C=O) groups is 1. The maximum Gasteiger partial charge on any atom is 0.240 e. The predicted octanol–water partition coefficient (Wildman–Crippen LogP) is 4.92. The Balaban J connectivity index is 1.26. The molecule has 5 rings (SSSR count). The lowest BCUT2D eigenvalue weighted by Crippen LogP contribution is -2.57. The van der Waals surface area contributed by atoms with Crippen LogP contribution in [0.1, 0.15) is 42.1 Å². The highest BCUT2D eigenvalue weighted by Crippen LogP contribution is 2.26. The number of halogens is 2. The number of carbonyl (C=O) groups excluding carboxylic acids is 1. The van der Waals surface area contributed by atoms with E-state index in [9.17, 15) is 9.18 Å². The summed E-state index contributed by atoms with van der Waals surface area (Å²) in [5.41, 5.74) is 4.53. The SMILES string of the molecule is CCN(CC)CC(c1ccccc1F)N1CCN(C(=O)C(Cc2ccc(Cl)cc2)NCC2Cc3ccccc3CN2)CC1. The molecule has 1 saturated heterocycles. The lowest BCUT2D eigenvalue weighted by atomic mass is 9.95. The summed E-state index contributed by atoms with van der Waals surface area (Å²) in [6, 6.07) is 23.3. The minimum atomic E-state index is -0.343. The van der Waals surface area contributed by atoms with E-state index >= 15 is 0 Å². The first kappa shape index (κ1) is 31.6. The second-order valence-electron chi connectivity index (χ2n) is 11.7. The van der Waals surface area contributed by atoms with E-state index in [1.807, 2.05) is 41.3 Å². The minimum absolute atomic E-state index is 0.0541. The number of nitrogens with one attached hydrogen (secondary N) is 2. The van der Waals surface area contributed by atoms with Crippen LogP contribution in [0.4, 0.5) is 4.39 Å². The van der Waals surface area contributed by atoms with Gasteiger partial charge in [0.2, 0.25) is 5.91 Å². The summed E-state index contributed by atoms with van der Waals surface area (Å²) in [5.74, 6) is -0.0404. The Morgan fingerprint density at radius 3 is 2.35 bits per heavy atom. The number of benzene rings is 3. The second kappa shape index (κ2) is 15.3. The Labute approximate surface area is 261 Å². The van der Waals surface area contributed by atoms with Crippen LogP contribution in [0.25, 0.3) is 0 Å². The van der Waals surface area contributed by atoms with Gasteiger partial charge in [0.25, 0.3) is 0 Å².